The maximum atomic E-state index is 11.9. The van der Waals surface area contributed by atoms with Crippen molar-refractivity contribution in [3.05, 3.63) is 12.7 Å². The number of piperidine rings is 1. The first-order chi connectivity index (χ1) is 8.58. The molecule has 1 aliphatic rings. The fourth-order valence-corrected chi connectivity index (χ4v) is 3.08. The lowest BCUT2D eigenvalue weighted by Crippen LogP contribution is -2.54. The van der Waals surface area contributed by atoms with Gasteiger partial charge in [0.25, 0.3) is 5.91 Å². The first kappa shape index (κ1) is 16.1. The van der Waals surface area contributed by atoms with Gasteiger partial charge in [0.1, 0.15) is 6.10 Å². The van der Waals surface area contributed by atoms with E-state index in [1.807, 2.05) is 0 Å². The average molecular weight is 283 g/mol. The summed E-state index contributed by atoms with van der Waals surface area (Å²) in [7, 11) is -2.01. The van der Waals surface area contributed by atoms with Gasteiger partial charge in [-0.1, -0.05) is 26.8 Å². The normalized spacial score (nSPS) is 25.1. The van der Waals surface area contributed by atoms with Crippen LogP contribution in [0.3, 0.4) is 0 Å². The Morgan fingerprint density at radius 3 is 2.42 bits per heavy atom. The molecule has 1 rings (SSSR count). The van der Waals surface area contributed by atoms with Gasteiger partial charge in [-0.3, -0.25) is 14.9 Å². The monoisotopic (exact) mass is 283 g/mol. The van der Waals surface area contributed by atoms with Crippen LogP contribution in [-0.2, 0) is 14.0 Å². The zero-order valence-electron chi connectivity index (χ0n) is 12.6. The highest BCUT2D eigenvalue weighted by Crippen LogP contribution is 2.38. The third-order valence-electron chi connectivity index (χ3n) is 4.10. The molecule has 0 aliphatic carbocycles. The van der Waals surface area contributed by atoms with E-state index in [1.165, 1.54) is 0 Å². The van der Waals surface area contributed by atoms with E-state index >= 15 is 0 Å². The summed E-state index contributed by atoms with van der Waals surface area (Å²) < 4.78 is 6.12. The van der Waals surface area contributed by atoms with Gasteiger partial charge in [0, 0.05) is 5.92 Å². The fourth-order valence-electron chi connectivity index (χ4n) is 1.81. The SMILES string of the molecule is C=CCC1CC(O[Si](C)(C)C(C)(C)C)C(=O)NC1=O. The largest absolute Gasteiger partial charge is 0.405 e. The summed E-state index contributed by atoms with van der Waals surface area (Å²) in [5.74, 6) is -0.708. The Hall–Kier alpha value is -0.943. The second kappa shape index (κ2) is 5.59. The molecule has 5 heteroatoms. The molecule has 0 radical (unpaired) electrons. The molecule has 0 saturated carbocycles. The van der Waals surface area contributed by atoms with Gasteiger partial charge in [0.2, 0.25) is 5.91 Å². The molecule has 1 heterocycles. The van der Waals surface area contributed by atoms with Crippen molar-refractivity contribution in [1.29, 1.82) is 0 Å². The predicted octanol–water partition coefficient (Wildman–Crippen LogP) is 2.62. The minimum atomic E-state index is -2.01. The summed E-state index contributed by atoms with van der Waals surface area (Å²) in [6, 6.07) is 0. The maximum absolute atomic E-state index is 11.9. The number of nitrogens with one attached hydrogen (secondary N) is 1. The van der Waals surface area contributed by atoms with Crippen LogP contribution in [0.2, 0.25) is 18.1 Å². The molecule has 1 fully saturated rings. The fraction of sp³-hybridized carbons (Fsp3) is 0.714. The van der Waals surface area contributed by atoms with Gasteiger partial charge in [-0.2, -0.15) is 0 Å². The zero-order valence-corrected chi connectivity index (χ0v) is 13.6. The Labute approximate surface area is 116 Å². The van der Waals surface area contributed by atoms with Gasteiger partial charge in [-0.15, -0.1) is 6.58 Å². The van der Waals surface area contributed by atoms with Crippen LogP contribution in [0.1, 0.15) is 33.6 Å². The Balaban J connectivity index is 2.80. The third kappa shape index (κ3) is 3.76. The Morgan fingerprint density at radius 1 is 1.37 bits per heavy atom. The maximum Gasteiger partial charge on any atom is 0.254 e. The van der Waals surface area contributed by atoms with E-state index in [9.17, 15) is 9.59 Å². The molecular formula is C14H25NO3Si. The van der Waals surface area contributed by atoms with Crippen LogP contribution in [0.15, 0.2) is 12.7 Å². The van der Waals surface area contributed by atoms with Crippen molar-refractivity contribution in [2.24, 2.45) is 5.92 Å². The van der Waals surface area contributed by atoms with Gasteiger partial charge in [-0.05, 0) is 31.0 Å². The molecule has 2 unspecified atom stereocenters. The molecule has 108 valence electrons. The van der Waals surface area contributed by atoms with Crippen molar-refractivity contribution in [3.63, 3.8) is 0 Å². The number of carbonyl (C=O) groups excluding carboxylic acids is 2. The van der Waals surface area contributed by atoms with E-state index in [2.05, 4.69) is 45.8 Å². The van der Waals surface area contributed by atoms with Gasteiger partial charge in [0.15, 0.2) is 8.32 Å². The molecule has 4 nitrogen and oxygen atoms in total. The van der Waals surface area contributed by atoms with E-state index in [0.717, 1.165) is 0 Å². The standard InChI is InChI=1S/C14H25NO3Si/c1-7-8-10-9-11(13(17)15-12(10)16)18-19(5,6)14(2,3)4/h7,10-11H,1,8-9H2,2-6H3,(H,15,16,17). The van der Waals surface area contributed by atoms with Crippen molar-refractivity contribution >= 4 is 20.1 Å². The first-order valence-corrected chi connectivity index (χ1v) is 9.62. The highest BCUT2D eigenvalue weighted by molar-refractivity contribution is 6.74. The number of hydrogen-bond donors (Lipinski definition) is 1. The first-order valence-electron chi connectivity index (χ1n) is 6.72. The second-order valence-electron chi connectivity index (χ2n) is 6.68. The summed E-state index contributed by atoms with van der Waals surface area (Å²) in [4.78, 5) is 23.6. The van der Waals surface area contributed by atoms with E-state index in [4.69, 9.17) is 4.43 Å². The summed E-state index contributed by atoms with van der Waals surface area (Å²) in [6.07, 6.45) is 2.24. The molecule has 0 aromatic carbocycles. The van der Waals surface area contributed by atoms with E-state index in [-0.39, 0.29) is 22.8 Å². The van der Waals surface area contributed by atoms with Crippen molar-refractivity contribution in [1.82, 2.24) is 5.32 Å². The summed E-state index contributed by atoms with van der Waals surface area (Å²) >= 11 is 0. The topological polar surface area (TPSA) is 55.4 Å². The van der Waals surface area contributed by atoms with Crippen LogP contribution >= 0.6 is 0 Å². The molecule has 2 atom stereocenters. The Kier molecular flexibility index (Phi) is 4.74. The van der Waals surface area contributed by atoms with Crippen molar-refractivity contribution < 1.29 is 14.0 Å². The van der Waals surface area contributed by atoms with Crippen molar-refractivity contribution in [2.75, 3.05) is 0 Å². The van der Waals surface area contributed by atoms with E-state index < -0.39 is 14.4 Å². The van der Waals surface area contributed by atoms with Gasteiger partial charge >= 0.3 is 0 Å². The molecule has 19 heavy (non-hydrogen) atoms. The van der Waals surface area contributed by atoms with E-state index in [0.29, 0.717) is 12.8 Å². The molecule has 0 bridgehead atoms. The molecular weight excluding hydrogens is 258 g/mol. The summed E-state index contributed by atoms with van der Waals surface area (Å²) in [6.45, 7) is 14.3. The molecule has 1 aliphatic heterocycles. The van der Waals surface area contributed by atoms with Crippen molar-refractivity contribution in [2.45, 2.75) is 57.8 Å². The lowest BCUT2D eigenvalue weighted by atomic mass is 9.93. The molecule has 0 aromatic heterocycles. The number of hydrogen-bond acceptors (Lipinski definition) is 3. The molecule has 1 saturated heterocycles. The smallest absolute Gasteiger partial charge is 0.254 e. The minimum absolute atomic E-state index is 0.0443. The third-order valence-corrected chi connectivity index (χ3v) is 8.59. The number of amides is 2. The lowest BCUT2D eigenvalue weighted by molar-refractivity contribution is -0.142. The van der Waals surface area contributed by atoms with E-state index in [1.54, 1.807) is 6.08 Å². The van der Waals surface area contributed by atoms with Gasteiger partial charge in [-0.25, -0.2) is 0 Å². The Bertz CT molecular complexity index is 385. The highest BCUT2D eigenvalue weighted by Gasteiger charge is 2.43. The molecule has 2 amide bonds. The summed E-state index contributed by atoms with van der Waals surface area (Å²) in [5, 5.41) is 2.45. The zero-order chi connectivity index (χ0) is 14.8. The van der Waals surface area contributed by atoms with Gasteiger partial charge < -0.3 is 4.43 Å². The summed E-state index contributed by atoms with van der Waals surface area (Å²) in [5.41, 5.74) is 0. The minimum Gasteiger partial charge on any atom is -0.405 e. The average Bonchev–Trinajstić information content (AvgIpc) is 2.23. The van der Waals surface area contributed by atoms with Crippen LogP contribution in [-0.4, -0.2) is 26.2 Å². The number of carbonyl (C=O) groups is 2. The number of imide groups is 1. The number of rotatable bonds is 4. The van der Waals surface area contributed by atoms with Crippen LogP contribution in [0.5, 0.6) is 0 Å². The molecule has 1 N–H and O–H groups in total. The van der Waals surface area contributed by atoms with Crippen LogP contribution in [0, 0.1) is 5.92 Å². The van der Waals surface area contributed by atoms with Crippen molar-refractivity contribution in [3.8, 4) is 0 Å². The molecule has 0 aromatic rings. The highest BCUT2D eigenvalue weighted by atomic mass is 28.4. The number of allylic oxidation sites excluding steroid dienone is 1. The van der Waals surface area contributed by atoms with Crippen LogP contribution in [0.25, 0.3) is 0 Å². The van der Waals surface area contributed by atoms with Crippen LogP contribution in [0.4, 0.5) is 0 Å². The van der Waals surface area contributed by atoms with Gasteiger partial charge in [0.05, 0.1) is 0 Å². The molecule has 0 spiro atoms. The Morgan fingerprint density at radius 2 is 1.95 bits per heavy atom. The quantitative estimate of drug-likeness (QED) is 0.490. The predicted molar refractivity (Wildman–Crippen MR) is 78.1 cm³/mol. The second-order valence-corrected chi connectivity index (χ2v) is 11.4. The van der Waals surface area contributed by atoms with Crippen LogP contribution < -0.4 is 5.32 Å². The lowest BCUT2D eigenvalue weighted by Gasteiger charge is -2.40.